The normalized spacial score (nSPS) is 20.0. The summed E-state index contributed by atoms with van der Waals surface area (Å²) in [7, 11) is 0. The van der Waals surface area contributed by atoms with Crippen LogP contribution < -0.4 is 0 Å². The Hall–Kier alpha value is -2.17. The van der Waals surface area contributed by atoms with Crippen LogP contribution in [-0.2, 0) is 6.61 Å². The van der Waals surface area contributed by atoms with Gasteiger partial charge in [0, 0.05) is 11.8 Å². The van der Waals surface area contributed by atoms with Gasteiger partial charge in [0.15, 0.2) is 11.8 Å². The first kappa shape index (κ1) is 21.5. The first-order valence-corrected chi connectivity index (χ1v) is 8.95. The Morgan fingerprint density at radius 3 is 2.52 bits per heavy atom. The lowest BCUT2D eigenvalue weighted by Gasteiger charge is -2.32. The molecule has 1 aromatic heterocycles. The van der Waals surface area contributed by atoms with Gasteiger partial charge in [-0.1, -0.05) is 22.8 Å². The SMILES string of the molecule is CC(C)(O)CN1N=CC(c2onc(-c3c(F)cccc3Cl)c2CO)C1C(F)(F)F. The molecule has 158 valence electrons. The molecular formula is C18H18ClF4N3O3. The van der Waals surface area contributed by atoms with Crippen molar-refractivity contribution in [3.8, 4) is 11.3 Å². The van der Waals surface area contributed by atoms with E-state index in [1.807, 2.05) is 0 Å². The van der Waals surface area contributed by atoms with Gasteiger partial charge >= 0.3 is 6.18 Å². The second kappa shape index (κ2) is 7.58. The highest BCUT2D eigenvalue weighted by Gasteiger charge is 2.53. The summed E-state index contributed by atoms with van der Waals surface area (Å²) in [6.07, 6.45) is -3.72. The van der Waals surface area contributed by atoms with E-state index in [0.717, 1.165) is 12.3 Å². The molecule has 0 bridgehead atoms. The Morgan fingerprint density at radius 1 is 1.28 bits per heavy atom. The molecule has 6 nitrogen and oxygen atoms in total. The molecule has 11 heteroatoms. The number of β-amino-alcohol motifs (C(OH)–C–C–N with tert-alkyl or cyclic N) is 1. The summed E-state index contributed by atoms with van der Waals surface area (Å²) in [5.74, 6) is -2.51. The quantitative estimate of drug-likeness (QED) is 0.700. The van der Waals surface area contributed by atoms with E-state index in [-0.39, 0.29) is 27.6 Å². The van der Waals surface area contributed by atoms with Crippen molar-refractivity contribution in [3.63, 3.8) is 0 Å². The Labute approximate surface area is 168 Å². The first-order chi connectivity index (χ1) is 13.4. The van der Waals surface area contributed by atoms with Crippen molar-refractivity contribution in [1.29, 1.82) is 0 Å². The van der Waals surface area contributed by atoms with Gasteiger partial charge in [-0.15, -0.1) is 0 Å². The highest BCUT2D eigenvalue weighted by atomic mass is 35.5. The summed E-state index contributed by atoms with van der Waals surface area (Å²) >= 11 is 6.01. The molecule has 0 spiro atoms. The van der Waals surface area contributed by atoms with E-state index in [1.165, 1.54) is 26.0 Å². The van der Waals surface area contributed by atoms with E-state index in [0.29, 0.717) is 5.01 Å². The third-order valence-electron chi connectivity index (χ3n) is 4.40. The molecule has 1 aliphatic rings. The summed E-state index contributed by atoms with van der Waals surface area (Å²) in [6.45, 7) is 1.57. The van der Waals surface area contributed by atoms with Crippen LogP contribution >= 0.6 is 11.6 Å². The molecule has 2 heterocycles. The Balaban J connectivity index is 2.07. The molecule has 0 saturated carbocycles. The third-order valence-corrected chi connectivity index (χ3v) is 4.72. The number of alkyl halides is 3. The number of hydrazone groups is 1. The van der Waals surface area contributed by atoms with Crippen LogP contribution in [0.15, 0.2) is 27.8 Å². The topological polar surface area (TPSA) is 82.1 Å². The first-order valence-electron chi connectivity index (χ1n) is 8.57. The van der Waals surface area contributed by atoms with E-state index >= 15 is 0 Å². The zero-order chi connectivity index (χ0) is 21.6. The minimum absolute atomic E-state index is 0.0318. The standard InChI is InChI=1S/C18H18ClF4N3O3/c1-17(2,28)8-26-16(18(21,22)23)9(6-24-26)15-10(7-27)14(25-29-15)13-11(19)4-3-5-12(13)20/h3-6,9,16,27-28H,7-8H2,1-2H3. The Bertz CT molecular complexity index is 904. The monoisotopic (exact) mass is 435 g/mol. The number of hydrogen-bond donors (Lipinski definition) is 2. The van der Waals surface area contributed by atoms with Crippen LogP contribution in [0.25, 0.3) is 11.3 Å². The molecule has 0 radical (unpaired) electrons. The summed E-state index contributed by atoms with van der Waals surface area (Å²) in [6, 6.07) is 1.70. The third kappa shape index (κ3) is 4.24. The number of hydrogen-bond acceptors (Lipinski definition) is 6. The number of benzene rings is 1. The lowest BCUT2D eigenvalue weighted by atomic mass is 9.93. The van der Waals surface area contributed by atoms with Crippen LogP contribution in [0.5, 0.6) is 0 Å². The Kier molecular flexibility index (Phi) is 5.63. The van der Waals surface area contributed by atoms with Gasteiger partial charge in [0.25, 0.3) is 0 Å². The van der Waals surface area contributed by atoms with Crippen LogP contribution in [-0.4, -0.2) is 51.0 Å². The number of nitrogens with zero attached hydrogens (tertiary/aromatic N) is 3. The minimum atomic E-state index is -4.73. The molecule has 0 aliphatic carbocycles. The van der Waals surface area contributed by atoms with Gasteiger partial charge in [0.05, 0.1) is 35.3 Å². The van der Waals surface area contributed by atoms with Crippen molar-refractivity contribution in [2.24, 2.45) is 5.10 Å². The maximum atomic E-state index is 14.3. The van der Waals surface area contributed by atoms with Crippen molar-refractivity contribution in [1.82, 2.24) is 10.2 Å². The van der Waals surface area contributed by atoms with E-state index in [4.69, 9.17) is 16.1 Å². The molecule has 0 fully saturated rings. The van der Waals surface area contributed by atoms with Crippen LogP contribution in [0.4, 0.5) is 17.6 Å². The summed E-state index contributed by atoms with van der Waals surface area (Å²) < 4.78 is 60.8. The van der Waals surface area contributed by atoms with Crippen LogP contribution in [0.3, 0.4) is 0 Å². The van der Waals surface area contributed by atoms with Crippen molar-refractivity contribution >= 4 is 17.8 Å². The molecule has 3 rings (SSSR count). The van der Waals surface area contributed by atoms with Crippen molar-refractivity contribution < 1.29 is 32.3 Å². The molecule has 2 aromatic rings. The van der Waals surface area contributed by atoms with Crippen molar-refractivity contribution in [2.75, 3.05) is 6.54 Å². The highest BCUT2D eigenvalue weighted by Crippen LogP contribution is 2.42. The maximum Gasteiger partial charge on any atom is 0.411 e. The fourth-order valence-corrected chi connectivity index (χ4v) is 3.53. The van der Waals surface area contributed by atoms with Gasteiger partial charge in [-0.2, -0.15) is 18.3 Å². The van der Waals surface area contributed by atoms with Crippen LogP contribution in [0.2, 0.25) is 5.02 Å². The molecule has 1 aromatic carbocycles. The predicted octanol–water partition coefficient (Wildman–Crippen LogP) is 3.71. The van der Waals surface area contributed by atoms with E-state index in [1.54, 1.807) is 0 Å². The van der Waals surface area contributed by atoms with E-state index in [2.05, 4.69) is 10.3 Å². The fraction of sp³-hybridized carbons (Fsp3) is 0.444. The van der Waals surface area contributed by atoms with Gasteiger partial charge in [-0.25, -0.2) is 4.39 Å². The Morgan fingerprint density at radius 2 is 1.97 bits per heavy atom. The van der Waals surface area contributed by atoms with E-state index in [9.17, 15) is 27.8 Å². The van der Waals surface area contributed by atoms with E-state index < -0.39 is 42.7 Å². The predicted molar refractivity (Wildman–Crippen MR) is 96.9 cm³/mol. The molecule has 1 aliphatic heterocycles. The molecule has 0 amide bonds. The number of aliphatic hydroxyl groups excluding tert-OH is 1. The molecule has 2 unspecified atom stereocenters. The average molecular weight is 436 g/mol. The second-order valence-corrected chi connectivity index (χ2v) is 7.72. The van der Waals surface area contributed by atoms with Crippen molar-refractivity contribution in [3.05, 3.63) is 40.4 Å². The highest BCUT2D eigenvalue weighted by molar-refractivity contribution is 6.33. The smallest absolute Gasteiger partial charge is 0.391 e. The number of aromatic nitrogens is 1. The van der Waals surface area contributed by atoms with Gasteiger partial charge in [-0.3, -0.25) is 5.01 Å². The summed E-state index contributed by atoms with van der Waals surface area (Å²) in [4.78, 5) is 0. The zero-order valence-corrected chi connectivity index (χ0v) is 16.2. The lowest BCUT2D eigenvalue weighted by Crippen LogP contribution is -2.48. The zero-order valence-electron chi connectivity index (χ0n) is 15.4. The minimum Gasteiger partial charge on any atom is -0.391 e. The average Bonchev–Trinajstić information content (AvgIpc) is 3.16. The molecule has 29 heavy (non-hydrogen) atoms. The van der Waals surface area contributed by atoms with Crippen molar-refractivity contribution in [2.45, 2.75) is 44.2 Å². The molecular weight excluding hydrogens is 418 g/mol. The summed E-state index contributed by atoms with van der Waals surface area (Å²) in [5.41, 5.74) is -1.92. The summed E-state index contributed by atoms with van der Waals surface area (Å²) in [5, 5.41) is 27.8. The lowest BCUT2D eigenvalue weighted by molar-refractivity contribution is -0.187. The second-order valence-electron chi connectivity index (χ2n) is 7.32. The maximum absolute atomic E-state index is 14.3. The van der Waals surface area contributed by atoms with Gasteiger partial charge < -0.3 is 14.7 Å². The van der Waals surface area contributed by atoms with Crippen LogP contribution in [0, 0.1) is 5.82 Å². The van der Waals surface area contributed by atoms with Gasteiger partial charge in [-0.05, 0) is 26.0 Å². The van der Waals surface area contributed by atoms with Crippen LogP contribution in [0.1, 0.15) is 31.1 Å². The molecule has 2 N–H and O–H groups in total. The molecule has 0 saturated heterocycles. The number of aliphatic hydroxyl groups is 2. The largest absolute Gasteiger partial charge is 0.411 e. The fourth-order valence-electron chi connectivity index (χ4n) is 3.27. The van der Waals surface area contributed by atoms with Gasteiger partial charge in [0.2, 0.25) is 0 Å². The number of halogens is 5. The number of rotatable bonds is 5. The van der Waals surface area contributed by atoms with Gasteiger partial charge in [0.1, 0.15) is 11.5 Å². The molecule has 2 atom stereocenters.